The molecular weight excluding hydrogens is 286 g/mol. The number of sulfone groups is 1. The molecule has 0 amide bonds. The highest BCUT2D eigenvalue weighted by Crippen LogP contribution is 2.13. The predicted molar refractivity (Wildman–Crippen MR) is 87.1 cm³/mol. The van der Waals surface area contributed by atoms with E-state index in [-0.39, 0.29) is 17.8 Å². The van der Waals surface area contributed by atoms with E-state index in [1.807, 2.05) is 20.8 Å². The summed E-state index contributed by atoms with van der Waals surface area (Å²) in [5, 5.41) is 3.05. The zero-order chi connectivity index (χ0) is 15.9. The van der Waals surface area contributed by atoms with Crippen LogP contribution in [-0.2, 0) is 9.84 Å². The smallest absolute Gasteiger partial charge is 0.189 e. The van der Waals surface area contributed by atoms with Gasteiger partial charge in [0, 0.05) is 6.04 Å². The number of benzene rings is 1. The van der Waals surface area contributed by atoms with E-state index < -0.39 is 9.84 Å². The number of nitrogens with two attached hydrogens (primary N) is 1. The van der Waals surface area contributed by atoms with Crippen LogP contribution < -0.4 is 11.1 Å². The van der Waals surface area contributed by atoms with E-state index in [1.54, 1.807) is 30.3 Å². The number of hydrogen-bond donors (Lipinski definition) is 2. The molecule has 6 heteroatoms. The molecule has 1 aromatic carbocycles. The maximum Gasteiger partial charge on any atom is 0.189 e. The van der Waals surface area contributed by atoms with Gasteiger partial charge in [0.05, 0.1) is 16.7 Å². The van der Waals surface area contributed by atoms with Crippen LogP contribution in [0.4, 0.5) is 0 Å². The first-order valence-electron chi connectivity index (χ1n) is 7.26. The van der Waals surface area contributed by atoms with Gasteiger partial charge in [0.25, 0.3) is 0 Å². The van der Waals surface area contributed by atoms with Crippen molar-refractivity contribution in [2.45, 2.75) is 50.6 Å². The minimum Gasteiger partial charge on any atom is -0.370 e. The SMILES string of the molecule is CCC(CS(=O)(=O)c1ccccc1)N=C(N)NC(C)CC. The fraction of sp³-hybridized carbons (Fsp3) is 0.533. The zero-order valence-corrected chi connectivity index (χ0v) is 13.7. The Morgan fingerprint density at radius 3 is 2.38 bits per heavy atom. The molecule has 1 aromatic rings. The number of guanidine groups is 1. The van der Waals surface area contributed by atoms with Crippen LogP contribution in [-0.4, -0.2) is 32.2 Å². The largest absolute Gasteiger partial charge is 0.370 e. The quantitative estimate of drug-likeness (QED) is 0.595. The molecule has 2 atom stereocenters. The number of aliphatic imine (C=N–C) groups is 1. The van der Waals surface area contributed by atoms with E-state index >= 15 is 0 Å². The lowest BCUT2D eigenvalue weighted by Crippen LogP contribution is -2.39. The molecule has 0 saturated carbocycles. The van der Waals surface area contributed by atoms with Gasteiger partial charge >= 0.3 is 0 Å². The van der Waals surface area contributed by atoms with Crippen LogP contribution in [0.1, 0.15) is 33.6 Å². The van der Waals surface area contributed by atoms with Crippen molar-refractivity contribution < 1.29 is 8.42 Å². The average Bonchev–Trinajstić information content (AvgIpc) is 2.47. The normalized spacial score (nSPS) is 15.5. The van der Waals surface area contributed by atoms with Crippen LogP contribution in [0.25, 0.3) is 0 Å². The van der Waals surface area contributed by atoms with Gasteiger partial charge in [-0.25, -0.2) is 13.4 Å². The topological polar surface area (TPSA) is 84.5 Å². The Kier molecular flexibility index (Phi) is 6.68. The van der Waals surface area contributed by atoms with Gasteiger partial charge in [0.1, 0.15) is 0 Å². The van der Waals surface area contributed by atoms with Gasteiger partial charge in [-0.05, 0) is 31.9 Å². The highest BCUT2D eigenvalue weighted by molar-refractivity contribution is 7.91. The van der Waals surface area contributed by atoms with Crippen LogP contribution >= 0.6 is 0 Å². The van der Waals surface area contributed by atoms with Crippen LogP contribution in [0.2, 0.25) is 0 Å². The number of nitrogens with one attached hydrogen (secondary N) is 1. The molecule has 0 saturated heterocycles. The third-order valence-corrected chi connectivity index (χ3v) is 5.13. The van der Waals surface area contributed by atoms with Gasteiger partial charge in [-0.1, -0.05) is 32.0 Å². The van der Waals surface area contributed by atoms with Crippen molar-refractivity contribution in [2.24, 2.45) is 10.7 Å². The Morgan fingerprint density at radius 2 is 1.86 bits per heavy atom. The van der Waals surface area contributed by atoms with Gasteiger partial charge in [-0.3, -0.25) is 0 Å². The van der Waals surface area contributed by atoms with Crippen molar-refractivity contribution in [2.75, 3.05) is 5.75 Å². The maximum atomic E-state index is 12.3. The summed E-state index contributed by atoms with van der Waals surface area (Å²) in [6.45, 7) is 5.96. The van der Waals surface area contributed by atoms with Crippen molar-refractivity contribution in [1.29, 1.82) is 0 Å². The van der Waals surface area contributed by atoms with Gasteiger partial charge < -0.3 is 11.1 Å². The molecule has 1 rings (SSSR count). The highest BCUT2D eigenvalue weighted by Gasteiger charge is 2.20. The van der Waals surface area contributed by atoms with Gasteiger partial charge in [-0.2, -0.15) is 0 Å². The second-order valence-corrected chi connectivity index (χ2v) is 7.16. The number of hydrogen-bond acceptors (Lipinski definition) is 3. The molecule has 0 aliphatic heterocycles. The van der Waals surface area contributed by atoms with Crippen LogP contribution in [0.5, 0.6) is 0 Å². The second-order valence-electron chi connectivity index (χ2n) is 5.12. The zero-order valence-electron chi connectivity index (χ0n) is 12.9. The summed E-state index contributed by atoms with van der Waals surface area (Å²) in [5.41, 5.74) is 5.83. The molecule has 21 heavy (non-hydrogen) atoms. The van der Waals surface area contributed by atoms with Crippen molar-refractivity contribution in [3.05, 3.63) is 30.3 Å². The Balaban J connectivity index is 2.80. The Bertz CT molecular complexity index is 556. The van der Waals surface area contributed by atoms with E-state index in [0.717, 1.165) is 6.42 Å². The van der Waals surface area contributed by atoms with Crippen LogP contribution in [0, 0.1) is 0 Å². The lowest BCUT2D eigenvalue weighted by molar-refractivity contribution is 0.582. The van der Waals surface area contributed by atoms with E-state index in [9.17, 15) is 8.42 Å². The van der Waals surface area contributed by atoms with Gasteiger partial charge in [0.15, 0.2) is 15.8 Å². The lowest BCUT2D eigenvalue weighted by Gasteiger charge is -2.15. The molecule has 118 valence electrons. The lowest BCUT2D eigenvalue weighted by atomic mass is 10.2. The fourth-order valence-corrected chi connectivity index (χ4v) is 3.39. The molecule has 0 radical (unpaired) electrons. The monoisotopic (exact) mass is 311 g/mol. The molecule has 0 aromatic heterocycles. The van der Waals surface area contributed by atoms with E-state index in [4.69, 9.17) is 5.73 Å². The molecule has 5 nitrogen and oxygen atoms in total. The van der Waals surface area contributed by atoms with Crippen molar-refractivity contribution in [3.8, 4) is 0 Å². The minimum atomic E-state index is -3.34. The summed E-state index contributed by atoms with van der Waals surface area (Å²) >= 11 is 0. The molecule has 0 spiro atoms. The molecule has 0 aliphatic rings. The van der Waals surface area contributed by atoms with E-state index in [2.05, 4.69) is 10.3 Å². The molecule has 2 unspecified atom stereocenters. The third kappa shape index (κ3) is 5.75. The van der Waals surface area contributed by atoms with E-state index in [0.29, 0.717) is 17.3 Å². The molecule has 0 fully saturated rings. The fourth-order valence-electron chi connectivity index (χ4n) is 1.81. The number of nitrogens with zero attached hydrogens (tertiary/aromatic N) is 1. The standard InChI is InChI=1S/C15H25N3O2S/c1-4-12(3)17-15(16)18-13(5-2)11-21(19,20)14-9-7-6-8-10-14/h6-10,12-13H,4-5,11H2,1-3H3,(H3,16,17,18). The van der Waals surface area contributed by atoms with Crippen molar-refractivity contribution >= 4 is 15.8 Å². The maximum absolute atomic E-state index is 12.3. The highest BCUT2D eigenvalue weighted by atomic mass is 32.2. The predicted octanol–water partition coefficient (Wildman–Crippen LogP) is 1.94. The molecule has 0 aliphatic carbocycles. The van der Waals surface area contributed by atoms with Crippen LogP contribution in [0.15, 0.2) is 40.2 Å². The first-order valence-corrected chi connectivity index (χ1v) is 8.91. The molecule has 0 heterocycles. The van der Waals surface area contributed by atoms with Gasteiger partial charge in [0.2, 0.25) is 0 Å². The first-order chi connectivity index (χ1) is 9.89. The number of rotatable bonds is 7. The van der Waals surface area contributed by atoms with Crippen molar-refractivity contribution in [1.82, 2.24) is 5.32 Å². The average molecular weight is 311 g/mol. The first kappa shape index (κ1) is 17.5. The molecule has 3 N–H and O–H groups in total. The summed E-state index contributed by atoms with van der Waals surface area (Å²) in [6.07, 6.45) is 1.55. The summed E-state index contributed by atoms with van der Waals surface area (Å²) in [5.74, 6) is 0.274. The Hall–Kier alpha value is -1.56. The Labute approximate surface area is 127 Å². The third-order valence-electron chi connectivity index (χ3n) is 3.31. The summed E-state index contributed by atoms with van der Waals surface area (Å²) in [6, 6.07) is 8.32. The molecule has 0 bridgehead atoms. The second kappa shape index (κ2) is 8.02. The summed E-state index contributed by atoms with van der Waals surface area (Å²) in [7, 11) is -3.34. The summed E-state index contributed by atoms with van der Waals surface area (Å²) in [4.78, 5) is 4.62. The Morgan fingerprint density at radius 1 is 1.24 bits per heavy atom. The van der Waals surface area contributed by atoms with Crippen LogP contribution in [0.3, 0.4) is 0 Å². The minimum absolute atomic E-state index is 0.0313. The van der Waals surface area contributed by atoms with Crippen molar-refractivity contribution in [3.63, 3.8) is 0 Å². The molecular formula is C15H25N3O2S. The summed E-state index contributed by atoms with van der Waals surface area (Å²) < 4.78 is 24.7. The van der Waals surface area contributed by atoms with Gasteiger partial charge in [-0.15, -0.1) is 0 Å². The van der Waals surface area contributed by atoms with E-state index in [1.165, 1.54) is 0 Å².